The molecule has 2 rings (SSSR count). The second-order valence-corrected chi connectivity index (χ2v) is 5.97. The summed E-state index contributed by atoms with van der Waals surface area (Å²) in [6.07, 6.45) is 1.21. The third-order valence-electron chi connectivity index (χ3n) is 2.84. The van der Waals surface area contributed by atoms with Gasteiger partial charge in [0.15, 0.2) is 11.2 Å². The minimum Gasteiger partial charge on any atom is -0.394 e. The van der Waals surface area contributed by atoms with Crippen LogP contribution in [0, 0.1) is 0 Å². The molecular formula is C10H15N6O7P. The van der Waals surface area contributed by atoms with E-state index in [9.17, 15) is 14.2 Å². The van der Waals surface area contributed by atoms with Crippen molar-refractivity contribution >= 4 is 30.8 Å². The Balaban J connectivity index is 2.07. The van der Waals surface area contributed by atoms with Crippen molar-refractivity contribution in [2.75, 3.05) is 18.9 Å². The van der Waals surface area contributed by atoms with Gasteiger partial charge in [-0.25, -0.2) is 9.55 Å². The number of rotatable bonds is 7. The largest absolute Gasteiger partial charge is 0.469 e. The van der Waals surface area contributed by atoms with Crippen LogP contribution in [0.2, 0.25) is 0 Å². The molecule has 1 atom stereocenters. The minimum absolute atomic E-state index is 0.000501. The fraction of sp³-hybridized carbons (Fsp3) is 0.400. The van der Waals surface area contributed by atoms with Gasteiger partial charge in [-0.05, 0) is 0 Å². The lowest BCUT2D eigenvalue weighted by Gasteiger charge is -2.16. The molecule has 132 valence electrons. The van der Waals surface area contributed by atoms with Gasteiger partial charge in [-0.1, -0.05) is 0 Å². The van der Waals surface area contributed by atoms with Gasteiger partial charge in [0, 0.05) is 0 Å². The first kappa shape index (κ1) is 18.0. The van der Waals surface area contributed by atoms with E-state index in [1.165, 1.54) is 10.9 Å². The molecule has 2 heterocycles. The molecule has 0 aromatic carbocycles. The summed E-state index contributed by atoms with van der Waals surface area (Å²) in [6.45, 7) is -1.48. The van der Waals surface area contributed by atoms with Crippen molar-refractivity contribution in [2.45, 2.75) is 12.6 Å². The number of carbonyl (C=O) groups is 1. The molecule has 13 nitrogen and oxygen atoms in total. The van der Waals surface area contributed by atoms with Gasteiger partial charge >= 0.3 is 7.82 Å². The number of nitrogens with one attached hydrogen (secondary N) is 2. The highest BCUT2D eigenvalue weighted by Crippen LogP contribution is 2.35. The third-order valence-corrected chi connectivity index (χ3v) is 3.32. The monoisotopic (exact) mass is 362 g/mol. The molecule has 0 fully saturated rings. The van der Waals surface area contributed by atoms with E-state index >= 15 is 0 Å². The van der Waals surface area contributed by atoms with E-state index in [1.807, 2.05) is 0 Å². The highest BCUT2D eigenvalue weighted by Gasteiger charge is 2.20. The Hall–Kier alpha value is -2.31. The van der Waals surface area contributed by atoms with Crippen molar-refractivity contribution < 1.29 is 28.8 Å². The molecule has 0 bridgehead atoms. The molecule has 0 radical (unpaired) electrons. The molecule has 2 aromatic rings. The topological polar surface area (TPSA) is 206 Å². The Bertz CT molecular complexity index is 842. The Kier molecular flexibility index (Phi) is 5.31. The number of nitrogens with zero attached hydrogens (tertiary/aromatic N) is 3. The maximum absolute atomic E-state index is 12.0. The van der Waals surface area contributed by atoms with Crippen LogP contribution in [0.15, 0.2) is 11.1 Å². The summed E-state index contributed by atoms with van der Waals surface area (Å²) in [5, 5.41) is 11.4. The lowest BCUT2D eigenvalue weighted by atomic mass is 10.3. The van der Waals surface area contributed by atoms with E-state index < -0.39 is 38.5 Å². The second kappa shape index (κ2) is 7.07. The fourth-order valence-corrected chi connectivity index (χ4v) is 2.22. The molecule has 0 spiro atoms. The lowest BCUT2D eigenvalue weighted by molar-refractivity contribution is -0.123. The molecule has 0 unspecified atom stereocenters. The highest BCUT2D eigenvalue weighted by molar-refractivity contribution is 7.46. The zero-order valence-electron chi connectivity index (χ0n) is 12.1. The smallest absolute Gasteiger partial charge is 0.394 e. The maximum atomic E-state index is 12.0. The van der Waals surface area contributed by atoms with Crippen LogP contribution in [0.1, 0.15) is 0 Å². The number of aromatic amines is 1. The molecule has 0 saturated heterocycles. The van der Waals surface area contributed by atoms with E-state index in [0.29, 0.717) is 0 Å². The predicted octanol–water partition coefficient (Wildman–Crippen LogP) is -2.71. The first-order chi connectivity index (χ1) is 11.2. The van der Waals surface area contributed by atoms with Crippen LogP contribution in [0.5, 0.6) is 0 Å². The third kappa shape index (κ3) is 4.59. The van der Waals surface area contributed by atoms with Crippen LogP contribution in [0.3, 0.4) is 0 Å². The Morgan fingerprint density at radius 1 is 1.54 bits per heavy atom. The van der Waals surface area contributed by atoms with Crippen molar-refractivity contribution in [2.24, 2.45) is 0 Å². The number of H-pyrrole nitrogens is 1. The standard InChI is InChI=1S/C10H15N6O7P/c11-10-14-8-7(9(19)15-10)12-4-16(8)1-6(18)13-5(2-17)3-23-24(20,21)22/h4-5,17H,1-3H2,(H,13,18)(H2,20,21,22)(H3,11,14,15,19)/t5-/m1/s1. The highest BCUT2D eigenvalue weighted by atomic mass is 31.2. The maximum Gasteiger partial charge on any atom is 0.469 e. The number of anilines is 1. The van der Waals surface area contributed by atoms with Gasteiger partial charge in [-0.15, -0.1) is 0 Å². The summed E-state index contributed by atoms with van der Waals surface area (Å²) in [7, 11) is -4.72. The SMILES string of the molecule is Nc1nc2c(ncn2CC(=O)N[C@H](CO)COP(=O)(O)O)c(=O)[nH]1. The van der Waals surface area contributed by atoms with E-state index in [4.69, 9.17) is 20.6 Å². The van der Waals surface area contributed by atoms with Crippen LogP contribution in [-0.4, -0.2) is 59.6 Å². The number of fused-ring (bicyclic) bond motifs is 1. The normalized spacial score (nSPS) is 13.1. The average Bonchev–Trinajstić information content (AvgIpc) is 2.85. The summed E-state index contributed by atoms with van der Waals surface area (Å²) >= 11 is 0. The predicted molar refractivity (Wildman–Crippen MR) is 79.6 cm³/mol. The number of hydrogen-bond donors (Lipinski definition) is 6. The number of imidazole rings is 1. The van der Waals surface area contributed by atoms with Gasteiger partial charge < -0.3 is 30.5 Å². The first-order valence-electron chi connectivity index (χ1n) is 6.50. The number of aromatic nitrogens is 4. The number of carbonyl (C=O) groups excluding carboxylic acids is 1. The molecule has 0 aliphatic heterocycles. The Morgan fingerprint density at radius 3 is 2.88 bits per heavy atom. The molecule has 24 heavy (non-hydrogen) atoms. The van der Waals surface area contributed by atoms with Crippen molar-refractivity contribution in [1.29, 1.82) is 0 Å². The van der Waals surface area contributed by atoms with Gasteiger partial charge in [0.25, 0.3) is 5.56 Å². The molecule has 14 heteroatoms. The van der Waals surface area contributed by atoms with E-state index in [2.05, 4.69) is 24.8 Å². The van der Waals surface area contributed by atoms with E-state index in [0.717, 1.165) is 0 Å². The number of amides is 1. The average molecular weight is 362 g/mol. The van der Waals surface area contributed by atoms with Crippen LogP contribution < -0.4 is 16.6 Å². The number of nitrogens with two attached hydrogens (primary N) is 1. The van der Waals surface area contributed by atoms with E-state index in [-0.39, 0.29) is 23.7 Å². The van der Waals surface area contributed by atoms with Gasteiger partial charge in [-0.2, -0.15) is 4.98 Å². The summed E-state index contributed by atoms with van der Waals surface area (Å²) in [6, 6.07) is -1.03. The van der Waals surface area contributed by atoms with Crippen molar-refractivity contribution in [3.05, 3.63) is 16.7 Å². The van der Waals surface area contributed by atoms with Crippen LogP contribution in [0.25, 0.3) is 11.2 Å². The first-order valence-corrected chi connectivity index (χ1v) is 8.03. The molecular weight excluding hydrogens is 347 g/mol. The molecule has 2 aromatic heterocycles. The van der Waals surface area contributed by atoms with Crippen molar-refractivity contribution in [3.8, 4) is 0 Å². The zero-order chi connectivity index (χ0) is 17.9. The van der Waals surface area contributed by atoms with Gasteiger partial charge in [0.2, 0.25) is 11.9 Å². The molecule has 0 aliphatic carbocycles. The molecule has 0 aliphatic rings. The summed E-state index contributed by atoms with van der Waals surface area (Å²) in [5.41, 5.74) is 4.98. The number of hydrogen-bond acceptors (Lipinski definition) is 8. The zero-order valence-corrected chi connectivity index (χ0v) is 13.0. The fourth-order valence-electron chi connectivity index (χ4n) is 1.84. The van der Waals surface area contributed by atoms with Crippen molar-refractivity contribution in [1.82, 2.24) is 24.8 Å². The van der Waals surface area contributed by atoms with Crippen LogP contribution in [0.4, 0.5) is 5.95 Å². The summed E-state index contributed by atoms with van der Waals surface area (Å²) in [5.74, 6) is -0.763. The summed E-state index contributed by atoms with van der Waals surface area (Å²) < 4.78 is 16.1. The summed E-state index contributed by atoms with van der Waals surface area (Å²) in [4.78, 5) is 50.8. The molecule has 1 amide bonds. The van der Waals surface area contributed by atoms with Crippen LogP contribution in [-0.2, 0) is 20.4 Å². The van der Waals surface area contributed by atoms with Gasteiger partial charge in [-0.3, -0.25) is 19.1 Å². The number of phosphoric acid groups is 1. The van der Waals surface area contributed by atoms with E-state index in [1.54, 1.807) is 0 Å². The number of aliphatic hydroxyl groups excluding tert-OH is 1. The molecule has 0 saturated carbocycles. The van der Waals surface area contributed by atoms with Crippen molar-refractivity contribution in [3.63, 3.8) is 0 Å². The van der Waals surface area contributed by atoms with Gasteiger partial charge in [0.1, 0.15) is 6.54 Å². The quantitative estimate of drug-likeness (QED) is 0.281. The lowest BCUT2D eigenvalue weighted by Crippen LogP contribution is -2.42. The molecule has 7 N–H and O–H groups in total. The minimum atomic E-state index is -4.72. The number of nitrogen functional groups attached to an aromatic ring is 1. The van der Waals surface area contributed by atoms with Gasteiger partial charge in [0.05, 0.1) is 25.6 Å². The number of aliphatic hydroxyl groups is 1. The number of phosphoric ester groups is 1. The Labute approximate surface area is 133 Å². The Morgan fingerprint density at radius 2 is 2.25 bits per heavy atom. The van der Waals surface area contributed by atoms with Crippen LogP contribution >= 0.6 is 7.82 Å². The second-order valence-electron chi connectivity index (χ2n) is 4.73.